The Balaban J connectivity index is 2.19. The van der Waals surface area contributed by atoms with Gasteiger partial charge in [-0.15, -0.1) is 0 Å². The summed E-state index contributed by atoms with van der Waals surface area (Å²) in [6, 6.07) is 1.55. The first-order valence-electron chi connectivity index (χ1n) is 6.25. The second kappa shape index (κ2) is 6.41. The van der Waals surface area contributed by atoms with Gasteiger partial charge in [0.25, 0.3) is 0 Å². The Hall–Kier alpha value is -0.0800. The van der Waals surface area contributed by atoms with Crippen LogP contribution in [0.2, 0.25) is 0 Å². The summed E-state index contributed by atoms with van der Waals surface area (Å²) in [7, 11) is 0. The second-order valence-electron chi connectivity index (χ2n) is 4.47. The minimum Gasteiger partial charge on any atom is -0.314 e. The number of nitrogens with one attached hydrogen (secondary N) is 1. The van der Waals surface area contributed by atoms with Crippen LogP contribution in [0.3, 0.4) is 0 Å². The fraction of sp³-hybridized carbons (Fsp3) is 1.00. The first kappa shape index (κ1) is 12.0. The van der Waals surface area contributed by atoms with Gasteiger partial charge in [-0.1, -0.05) is 13.8 Å². The molecule has 14 heavy (non-hydrogen) atoms. The van der Waals surface area contributed by atoms with E-state index in [-0.39, 0.29) is 0 Å². The van der Waals surface area contributed by atoms with Crippen molar-refractivity contribution in [3.05, 3.63) is 0 Å². The topological polar surface area (TPSA) is 15.3 Å². The van der Waals surface area contributed by atoms with E-state index in [1.165, 1.54) is 45.3 Å². The lowest BCUT2D eigenvalue weighted by Crippen LogP contribution is -2.36. The minimum absolute atomic E-state index is 0.751. The van der Waals surface area contributed by atoms with Gasteiger partial charge in [-0.3, -0.25) is 0 Å². The summed E-state index contributed by atoms with van der Waals surface area (Å²) in [5.41, 5.74) is 0. The highest BCUT2D eigenvalue weighted by Gasteiger charge is 2.16. The first-order valence-corrected chi connectivity index (χ1v) is 6.25. The van der Waals surface area contributed by atoms with Gasteiger partial charge in [-0.2, -0.15) is 0 Å². The van der Waals surface area contributed by atoms with Crippen LogP contribution in [0.5, 0.6) is 0 Å². The minimum atomic E-state index is 0.751. The predicted molar refractivity (Wildman–Crippen MR) is 62.6 cm³/mol. The van der Waals surface area contributed by atoms with Gasteiger partial charge in [0.05, 0.1) is 0 Å². The highest BCUT2D eigenvalue weighted by atomic mass is 15.1. The Morgan fingerprint density at radius 1 is 1.43 bits per heavy atom. The Labute approximate surface area is 89.1 Å². The SMILES string of the molecule is CCC(C)N(CC)CCC1CCCN1. The van der Waals surface area contributed by atoms with Crippen LogP contribution in [-0.4, -0.2) is 36.6 Å². The lowest BCUT2D eigenvalue weighted by atomic mass is 10.1. The van der Waals surface area contributed by atoms with Gasteiger partial charge in [0.2, 0.25) is 0 Å². The maximum atomic E-state index is 3.57. The van der Waals surface area contributed by atoms with Gasteiger partial charge in [0.15, 0.2) is 0 Å². The molecule has 0 spiro atoms. The molecule has 0 aromatic heterocycles. The fourth-order valence-electron chi connectivity index (χ4n) is 2.27. The van der Waals surface area contributed by atoms with Crippen molar-refractivity contribution in [1.29, 1.82) is 0 Å². The zero-order valence-electron chi connectivity index (χ0n) is 10.1. The van der Waals surface area contributed by atoms with Crippen molar-refractivity contribution >= 4 is 0 Å². The van der Waals surface area contributed by atoms with Gasteiger partial charge in [0, 0.05) is 12.1 Å². The molecule has 0 aromatic carbocycles. The lowest BCUT2D eigenvalue weighted by molar-refractivity contribution is 0.205. The molecule has 2 unspecified atom stereocenters. The summed E-state index contributed by atoms with van der Waals surface area (Å²) in [6.45, 7) is 10.6. The molecule has 0 aromatic rings. The largest absolute Gasteiger partial charge is 0.314 e. The molecule has 1 saturated heterocycles. The molecule has 0 amide bonds. The third kappa shape index (κ3) is 3.58. The Bertz CT molecular complexity index is 141. The Morgan fingerprint density at radius 3 is 2.71 bits per heavy atom. The van der Waals surface area contributed by atoms with Crippen LogP contribution in [0.1, 0.15) is 46.5 Å². The van der Waals surface area contributed by atoms with Crippen LogP contribution >= 0.6 is 0 Å². The maximum Gasteiger partial charge on any atom is 0.00797 e. The zero-order valence-corrected chi connectivity index (χ0v) is 10.1. The summed E-state index contributed by atoms with van der Waals surface area (Å²) in [5.74, 6) is 0. The van der Waals surface area contributed by atoms with E-state index in [2.05, 4.69) is 31.0 Å². The van der Waals surface area contributed by atoms with Crippen molar-refractivity contribution in [2.75, 3.05) is 19.6 Å². The Morgan fingerprint density at radius 2 is 2.21 bits per heavy atom. The van der Waals surface area contributed by atoms with Crippen LogP contribution in [0.25, 0.3) is 0 Å². The smallest absolute Gasteiger partial charge is 0.00797 e. The van der Waals surface area contributed by atoms with Crippen LogP contribution in [0.15, 0.2) is 0 Å². The van der Waals surface area contributed by atoms with E-state index in [0.717, 1.165) is 12.1 Å². The van der Waals surface area contributed by atoms with Gasteiger partial charge < -0.3 is 10.2 Å². The maximum absolute atomic E-state index is 3.57. The van der Waals surface area contributed by atoms with Crippen molar-refractivity contribution < 1.29 is 0 Å². The molecule has 0 bridgehead atoms. The molecule has 0 saturated carbocycles. The van der Waals surface area contributed by atoms with Gasteiger partial charge in [0.1, 0.15) is 0 Å². The van der Waals surface area contributed by atoms with Gasteiger partial charge in [-0.25, -0.2) is 0 Å². The van der Waals surface area contributed by atoms with E-state index in [1.54, 1.807) is 0 Å². The summed E-state index contributed by atoms with van der Waals surface area (Å²) in [4.78, 5) is 2.60. The van der Waals surface area contributed by atoms with E-state index in [0.29, 0.717) is 0 Å². The second-order valence-corrected chi connectivity index (χ2v) is 4.47. The average molecular weight is 198 g/mol. The van der Waals surface area contributed by atoms with Crippen molar-refractivity contribution in [3.8, 4) is 0 Å². The first-order chi connectivity index (χ1) is 6.77. The van der Waals surface area contributed by atoms with Crippen LogP contribution in [0, 0.1) is 0 Å². The number of hydrogen-bond acceptors (Lipinski definition) is 2. The third-order valence-electron chi connectivity index (χ3n) is 3.55. The summed E-state index contributed by atoms with van der Waals surface area (Å²) >= 11 is 0. The standard InChI is InChI=1S/C12H26N2/c1-4-11(3)14(5-2)10-8-12-7-6-9-13-12/h11-13H,4-10H2,1-3H3. The molecule has 1 heterocycles. The fourth-order valence-corrected chi connectivity index (χ4v) is 2.27. The molecule has 1 aliphatic heterocycles. The third-order valence-corrected chi connectivity index (χ3v) is 3.55. The molecule has 0 aliphatic carbocycles. The average Bonchev–Trinajstić information content (AvgIpc) is 2.71. The molecule has 1 aliphatic rings. The quantitative estimate of drug-likeness (QED) is 0.704. The molecule has 1 rings (SSSR count). The molecular weight excluding hydrogens is 172 g/mol. The van der Waals surface area contributed by atoms with E-state index >= 15 is 0 Å². The molecule has 2 atom stereocenters. The highest BCUT2D eigenvalue weighted by Crippen LogP contribution is 2.11. The van der Waals surface area contributed by atoms with Gasteiger partial charge >= 0.3 is 0 Å². The van der Waals surface area contributed by atoms with E-state index < -0.39 is 0 Å². The number of nitrogens with zero attached hydrogens (tertiary/aromatic N) is 1. The van der Waals surface area contributed by atoms with Crippen molar-refractivity contribution in [2.24, 2.45) is 0 Å². The summed E-state index contributed by atoms with van der Waals surface area (Å²) < 4.78 is 0. The van der Waals surface area contributed by atoms with Crippen LogP contribution in [-0.2, 0) is 0 Å². The molecule has 1 fully saturated rings. The van der Waals surface area contributed by atoms with Gasteiger partial charge in [-0.05, 0) is 52.2 Å². The normalized spacial score (nSPS) is 24.4. The summed E-state index contributed by atoms with van der Waals surface area (Å²) in [5, 5.41) is 3.57. The summed E-state index contributed by atoms with van der Waals surface area (Å²) in [6.07, 6.45) is 5.36. The molecule has 84 valence electrons. The van der Waals surface area contributed by atoms with Crippen molar-refractivity contribution in [1.82, 2.24) is 10.2 Å². The predicted octanol–water partition coefficient (Wildman–Crippen LogP) is 2.25. The zero-order chi connectivity index (χ0) is 10.4. The number of rotatable bonds is 6. The van der Waals surface area contributed by atoms with Crippen molar-refractivity contribution in [2.45, 2.75) is 58.5 Å². The van der Waals surface area contributed by atoms with Crippen molar-refractivity contribution in [3.63, 3.8) is 0 Å². The van der Waals surface area contributed by atoms with Crippen LogP contribution in [0.4, 0.5) is 0 Å². The van der Waals surface area contributed by atoms with Crippen LogP contribution < -0.4 is 5.32 Å². The highest BCUT2D eigenvalue weighted by molar-refractivity contribution is 4.76. The van der Waals surface area contributed by atoms with E-state index in [4.69, 9.17) is 0 Å². The Kier molecular flexibility index (Phi) is 5.49. The number of hydrogen-bond donors (Lipinski definition) is 1. The molecule has 2 nitrogen and oxygen atoms in total. The molecule has 0 radical (unpaired) electrons. The monoisotopic (exact) mass is 198 g/mol. The van der Waals surface area contributed by atoms with E-state index in [1.807, 2.05) is 0 Å². The molecule has 2 heteroatoms. The van der Waals surface area contributed by atoms with E-state index in [9.17, 15) is 0 Å². The lowest BCUT2D eigenvalue weighted by Gasteiger charge is -2.28. The molecular formula is C12H26N2. The molecule has 1 N–H and O–H groups in total.